The summed E-state index contributed by atoms with van der Waals surface area (Å²) in [6, 6.07) is 5.81. The predicted molar refractivity (Wildman–Crippen MR) is 111 cm³/mol. The lowest BCUT2D eigenvalue weighted by Gasteiger charge is -2.34. The van der Waals surface area contributed by atoms with Crippen molar-refractivity contribution in [2.24, 2.45) is 0 Å². The van der Waals surface area contributed by atoms with Gasteiger partial charge in [-0.3, -0.25) is 14.5 Å². The van der Waals surface area contributed by atoms with Crippen LogP contribution in [0.25, 0.3) is 0 Å². The summed E-state index contributed by atoms with van der Waals surface area (Å²) in [4.78, 5) is 27.5. The van der Waals surface area contributed by atoms with Gasteiger partial charge in [-0.1, -0.05) is 12.1 Å². The van der Waals surface area contributed by atoms with E-state index >= 15 is 0 Å². The van der Waals surface area contributed by atoms with E-state index in [0.717, 1.165) is 30.7 Å². The van der Waals surface area contributed by atoms with Gasteiger partial charge < -0.3 is 10.0 Å². The zero-order valence-corrected chi connectivity index (χ0v) is 18.1. The molecule has 1 amide bonds. The molecule has 2 aromatic rings. The maximum absolute atomic E-state index is 12.7. The maximum Gasteiger partial charge on any atom is 0.325 e. The lowest BCUT2D eigenvalue weighted by atomic mass is 10.2. The number of aromatic nitrogens is 3. The van der Waals surface area contributed by atoms with Crippen LogP contribution in [0.3, 0.4) is 0 Å². The van der Waals surface area contributed by atoms with Gasteiger partial charge in [0, 0.05) is 31.7 Å². The van der Waals surface area contributed by atoms with Crippen LogP contribution >= 0.6 is 0 Å². The third-order valence-electron chi connectivity index (χ3n) is 4.94. The van der Waals surface area contributed by atoms with E-state index < -0.39 is 16.0 Å². The summed E-state index contributed by atoms with van der Waals surface area (Å²) in [5.41, 5.74) is 0.735. The summed E-state index contributed by atoms with van der Waals surface area (Å²) in [6.07, 6.45) is 2.44. The van der Waals surface area contributed by atoms with Crippen molar-refractivity contribution in [1.82, 2.24) is 29.5 Å². The smallest absolute Gasteiger partial charge is 0.325 e. The van der Waals surface area contributed by atoms with E-state index in [0.29, 0.717) is 24.3 Å². The molecule has 1 aliphatic rings. The number of carbonyl (C=O) groups is 2. The number of hydrogen-bond acceptors (Lipinski definition) is 7. The van der Waals surface area contributed by atoms with Crippen LogP contribution in [-0.4, -0.2) is 82.9 Å². The molecule has 168 valence electrons. The molecule has 2 N–H and O–H groups in total. The molecule has 1 aromatic heterocycles. The van der Waals surface area contributed by atoms with Crippen LogP contribution in [0.5, 0.6) is 0 Å². The van der Waals surface area contributed by atoms with E-state index in [2.05, 4.69) is 26.9 Å². The minimum Gasteiger partial charge on any atom is -0.480 e. The predicted octanol–water partition coefficient (Wildman–Crippen LogP) is 0.00900. The Morgan fingerprint density at radius 2 is 1.81 bits per heavy atom. The molecule has 0 unspecified atom stereocenters. The molecule has 1 fully saturated rings. The van der Waals surface area contributed by atoms with Gasteiger partial charge in [-0.25, -0.2) is 17.8 Å². The Balaban J connectivity index is 1.57. The number of sulfonamides is 1. The number of piperazine rings is 1. The molecule has 12 heteroatoms. The van der Waals surface area contributed by atoms with E-state index in [4.69, 9.17) is 5.11 Å². The number of benzene rings is 1. The number of nitrogens with one attached hydrogen (secondary N) is 1. The van der Waals surface area contributed by atoms with Crippen molar-refractivity contribution < 1.29 is 23.1 Å². The van der Waals surface area contributed by atoms with E-state index in [-0.39, 0.29) is 23.9 Å². The highest BCUT2D eigenvalue weighted by Crippen LogP contribution is 2.14. The zero-order valence-electron chi connectivity index (χ0n) is 17.3. The van der Waals surface area contributed by atoms with E-state index in [1.807, 2.05) is 0 Å². The second-order valence-electron chi connectivity index (χ2n) is 7.28. The van der Waals surface area contributed by atoms with Crippen LogP contribution in [-0.2, 0) is 27.9 Å². The van der Waals surface area contributed by atoms with Crippen LogP contribution in [0.2, 0.25) is 0 Å². The minimum atomic E-state index is -3.83. The highest BCUT2D eigenvalue weighted by molar-refractivity contribution is 7.89. The Morgan fingerprint density at radius 1 is 1.13 bits per heavy atom. The monoisotopic (exact) mass is 450 g/mol. The Bertz CT molecular complexity index is 1010. The van der Waals surface area contributed by atoms with Crippen molar-refractivity contribution in [3.63, 3.8) is 0 Å². The van der Waals surface area contributed by atoms with Crippen molar-refractivity contribution in [3.8, 4) is 0 Å². The molecule has 0 radical (unpaired) electrons. The highest BCUT2D eigenvalue weighted by atomic mass is 32.2. The molecule has 31 heavy (non-hydrogen) atoms. The van der Waals surface area contributed by atoms with E-state index in [1.165, 1.54) is 30.5 Å². The molecule has 1 saturated heterocycles. The summed E-state index contributed by atoms with van der Waals surface area (Å²) in [7, 11) is -3.83. The number of nitrogens with zero attached hydrogens (tertiary/aromatic N) is 5. The van der Waals surface area contributed by atoms with E-state index in [1.54, 1.807) is 4.90 Å². The topological polar surface area (TPSA) is 138 Å². The fourth-order valence-electron chi connectivity index (χ4n) is 3.34. The minimum absolute atomic E-state index is 0.0229. The third-order valence-corrected chi connectivity index (χ3v) is 6.35. The molecular formula is C19H26N6O5S. The SMILES string of the molecule is CCCN1CCN(C(=O)c2ccc(S(=O)(=O)NCc3cn(CC(=O)O)nn3)cc2)CC1. The molecule has 2 heterocycles. The van der Waals surface area contributed by atoms with Gasteiger partial charge in [0.15, 0.2) is 0 Å². The summed E-state index contributed by atoms with van der Waals surface area (Å²) >= 11 is 0. The van der Waals surface area contributed by atoms with Crippen molar-refractivity contribution >= 4 is 21.9 Å². The molecule has 0 spiro atoms. The van der Waals surface area contributed by atoms with Gasteiger partial charge in [0.2, 0.25) is 10.0 Å². The fraction of sp³-hybridized carbons (Fsp3) is 0.474. The van der Waals surface area contributed by atoms with Gasteiger partial charge in [-0.2, -0.15) is 0 Å². The van der Waals surface area contributed by atoms with Crippen LogP contribution in [0.15, 0.2) is 35.4 Å². The number of carbonyl (C=O) groups excluding carboxylic acids is 1. The average Bonchev–Trinajstić information content (AvgIpc) is 3.19. The number of aliphatic carboxylic acids is 1. The molecule has 11 nitrogen and oxygen atoms in total. The molecule has 0 bridgehead atoms. The summed E-state index contributed by atoms with van der Waals surface area (Å²) in [6.45, 7) is 5.65. The first kappa shape index (κ1) is 22.8. The van der Waals surface area contributed by atoms with Crippen LogP contribution in [0.4, 0.5) is 0 Å². The standard InChI is InChI=1S/C19H26N6O5S/c1-2-7-23-8-10-24(11-9-23)19(28)15-3-5-17(6-4-15)31(29,30)20-12-16-13-25(22-21-16)14-18(26)27/h3-6,13,20H,2,7-12,14H2,1H3,(H,26,27). The van der Waals surface area contributed by atoms with Gasteiger partial charge in [-0.05, 0) is 37.2 Å². The number of amides is 1. The Labute approximate surface area is 180 Å². The Morgan fingerprint density at radius 3 is 2.42 bits per heavy atom. The summed E-state index contributed by atoms with van der Waals surface area (Å²) in [5.74, 6) is -1.18. The molecule has 0 aliphatic carbocycles. The average molecular weight is 451 g/mol. The molecule has 0 saturated carbocycles. The zero-order chi connectivity index (χ0) is 22.4. The van der Waals surface area contributed by atoms with Gasteiger partial charge in [0.05, 0.1) is 23.3 Å². The van der Waals surface area contributed by atoms with Crippen molar-refractivity contribution in [2.75, 3.05) is 32.7 Å². The lowest BCUT2D eigenvalue weighted by molar-refractivity contribution is -0.137. The molecule has 3 rings (SSSR count). The second-order valence-corrected chi connectivity index (χ2v) is 9.05. The van der Waals surface area contributed by atoms with Gasteiger partial charge in [0.1, 0.15) is 6.54 Å². The summed E-state index contributed by atoms with van der Waals surface area (Å²) in [5, 5.41) is 16.1. The number of rotatable bonds is 9. The van der Waals surface area contributed by atoms with Crippen molar-refractivity contribution in [1.29, 1.82) is 0 Å². The van der Waals surface area contributed by atoms with E-state index in [9.17, 15) is 18.0 Å². The second kappa shape index (κ2) is 9.98. The van der Waals surface area contributed by atoms with Crippen LogP contribution in [0.1, 0.15) is 29.4 Å². The number of hydrogen-bond donors (Lipinski definition) is 2. The largest absolute Gasteiger partial charge is 0.480 e. The van der Waals surface area contributed by atoms with Crippen LogP contribution < -0.4 is 4.72 Å². The molecule has 0 atom stereocenters. The fourth-order valence-corrected chi connectivity index (χ4v) is 4.34. The normalized spacial score (nSPS) is 15.2. The first-order valence-electron chi connectivity index (χ1n) is 10.0. The van der Waals surface area contributed by atoms with Gasteiger partial charge in [-0.15, -0.1) is 5.10 Å². The van der Waals surface area contributed by atoms with Crippen LogP contribution in [0, 0.1) is 0 Å². The number of carboxylic acid groups (broad SMARTS) is 1. The summed E-state index contributed by atoms with van der Waals surface area (Å²) < 4.78 is 28.5. The molecule has 1 aromatic carbocycles. The Kier molecular flexibility index (Phi) is 7.36. The van der Waals surface area contributed by atoms with Gasteiger partial charge in [0.25, 0.3) is 5.91 Å². The lowest BCUT2D eigenvalue weighted by Crippen LogP contribution is -2.48. The first-order chi connectivity index (χ1) is 14.8. The third kappa shape index (κ3) is 6.09. The Hall–Kier alpha value is -2.83. The quantitative estimate of drug-likeness (QED) is 0.545. The number of carboxylic acids is 1. The highest BCUT2D eigenvalue weighted by Gasteiger charge is 2.22. The van der Waals surface area contributed by atoms with Crippen molar-refractivity contribution in [3.05, 3.63) is 41.7 Å². The maximum atomic E-state index is 12.7. The molecule has 1 aliphatic heterocycles. The first-order valence-corrected chi connectivity index (χ1v) is 11.5. The molecular weight excluding hydrogens is 424 g/mol. The van der Waals surface area contributed by atoms with Gasteiger partial charge >= 0.3 is 5.97 Å². The van der Waals surface area contributed by atoms with Crippen molar-refractivity contribution in [2.45, 2.75) is 31.3 Å².